The van der Waals surface area contributed by atoms with Gasteiger partial charge < -0.3 is 10.1 Å². The van der Waals surface area contributed by atoms with Crippen LogP contribution in [0.2, 0.25) is 0 Å². The zero-order chi connectivity index (χ0) is 21.5. The molecule has 0 spiro atoms. The number of hydrogen-bond acceptors (Lipinski definition) is 7. The van der Waals surface area contributed by atoms with E-state index in [0.717, 1.165) is 32.5 Å². The fraction of sp³-hybridized carbons (Fsp3) is 0.130. The predicted molar refractivity (Wildman–Crippen MR) is 124 cm³/mol. The van der Waals surface area contributed by atoms with E-state index in [4.69, 9.17) is 4.74 Å². The molecule has 0 saturated carbocycles. The Labute approximate surface area is 188 Å². The van der Waals surface area contributed by atoms with Crippen LogP contribution in [0.3, 0.4) is 0 Å². The summed E-state index contributed by atoms with van der Waals surface area (Å²) in [7, 11) is 0. The lowest BCUT2D eigenvalue weighted by atomic mass is 10.2. The Morgan fingerprint density at radius 3 is 2.74 bits per heavy atom. The molecular weight excluding hydrogens is 428 g/mol. The van der Waals surface area contributed by atoms with Gasteiger partial charge >= 0.3 is 0 Å². The van der Waals surface area contributed by atoms with Crippen LogP contribution in [0.1, 0.15) is 21.3 Å². The van der Waals surface area contributed by atoms with Crippen LogP contribution < -0.4 is 10.1 Å². The van der Waals surface area contributed by atoms with Crippen molar-refractivity contribution in [3.63, 3.8) is 0 Å². The number of pyridine rings is 1. The second kappa shape index (κ2) is 10.1. The Kier molecular flexibility index (Phi) is 6.81. The highest BCUT2D eigenvalue weighted by atomic mass is 32.1. The summed E-state index contributed by atoms with van der Waals surface area (Å²) < 4.78 is 5.89. The molecule has 0 atom stereocenters. The summed E-state index contributed by atoms with van der Waals surface area (Å²) in [6, 6.07) is 11.4. The molecule has 8 heteroatoms. The van der Waals surface area contributed by atoms with Gasteiger partial charge in [-0.3, -0.25) is 9.78 Å². The summed E-state index contributed by atoms with van der Waals surface area (Å²) >= 11 is 3.11. The van der Waals surface area contributed by atoms with Crippen LogP contribution >= 0.6 is 22.7 Å². The molecular formula is C23H20N4O2S2. The van der Waals surface area contributed by atoms with Crippen LogP contribution in [0.25, 0.3) is 17.3 Å². The Morgan fingerprint density at radius 2 is 1.94 bits per heavy atom. The molecule has 0 bridgehead atoms. The number of nitrogens with one attached hydrogen (secondary N) is 1. The molecule has 156 valence electrons. The van der Waals surface area contributed by atoms with Gasteiger partial charge in [-0.25, -0.2) is 9.97 Å². The highest BCUT2D eigenvalue weighted by molar-refractivity contribution is 7.10. The quantitative estimate of drug-likeness (QED) is 0.389. The molecule has 6 nitrogen and oxygen atoms in total. The zero-order valence-electron chi connectivity index (χ0n) is 16.8. The molecule has 1 amide bonds. The third-order valence-corrected chi connectivity index (χ3v) is 5.99. The minimum absolute atomic E-state index is 0.189. The van der Waals surface area contributed by atoms with Crippen molar-refractivity contribution < 1.29 is 9.53 Å². The number of thiazole rings is 2. The average Bonchev–Trinajstić information content (AvgIpc) is 3.45. The molecule has 0 radical (unpaired) electrons. The van der Waals surface area contributed by atoms with Crippen molar-refractivity contribution in [3.8, 4) is 17.0 Å². The minimum atomic E-state index is -0.189. The molecule has 31 heavy (non-hydrogen) atoms. The monoisotopic (exact) mass is 448 g/mol. The molecule has 0 saturated heterocycles. The number of ether oxygens (including phenoxy) is 1. The van der Waals surface area contributed by atoms with E-state index in [-0.39, 0.29) is 5.91 Å². The van der Waals surface area contributed by atoms with Gasteiger partial charge in [0, 0.05) is 40.4 Å². The Hall–Kier alpha value is -3.36. The van der Waals surface area contributed by atoms with Crippen LogP contribution in [0.4, 0.5) is 0 Å². The largest absolute Gasteiger partial charge is 0.487 e. The molecule has 0 unspecified atom stereocenters. The summed E-state index contributed by atoms with van der Waals surface area (Å²) in [6.07, 6.45) is 6.73. The van der Waals surface area contributed by atoms with Gasteiger partial charge in [-0.2, -0.15) is 0 Å². The maximum atomic E-state index is 12.3. The van der Waals surface area contributed by atoms with Gasteiger partial charge in [0.05, 0.1) is 22.9 Å². The maximum Gasteiger partial charge on any atom is 0.244 e. The molecule has 3 heterocycles. The minimum Gasteiger partial charge on any atom is -0.487 e. The van der Waals surface area contributed by atoms with Crippen molar-refractivity contribution in [2.24, 2.45) is 0 Å². The Balaban J connectivity index is 1.33. The summed E-state index contributed by atoms with van der Waals surface area (Å²) in [5.41, 5.74) is 3.62. The lowest BCUT2D eigenvalue weighted by Crippen LogP contribution is -2.20. The summed E-state index contributed by atoms with van der Waals surface area (Å²) in [4.78, 5) is 25.3. The van der Waals surface area contributed by atoms with Crippen LogP contribution in [0.15, 0.2) is 65.6 Å². The van der Waals surface area contributed by atoms with Crippen molar-refractivity contribution >= 4 is 34.7 Å². The van der Waals surface area contributed by atoms with Gasteiger partial charge in [-0.05, 0) is 31.2 Å². The second-order valence-electron chi connectivity index (χ2n) is 6.60. The zero-order valence-corrected chi connectivity index (χ0v) is 18.5. The topological polar surface area (TPSA) is 77.0 Å². The molecule has 0 aliphatic heterocycles. The first-order valence-electron chi connectivity index (χ1n) is 9.61. The number of carbonyl (C=O) groups excluding carboxylic acids is 1. The van der Waals surface area contributed by atoms with Crippen LogP contribution in [-0.4, -0.2) is 20.9 Å². The van der Waals surface area contributed by atoms with E-state index in [1.807, 2.05) is 54.1 Å². The smallest absolute Gasteiger partial charge is 0.244 e. The van der Waals surface area contributed by atoms with Gasteiger partial charge in [-0.1, -0.05) is 18.2 Å². The normalized spacial score (nSPS) is 11.0. The van der Waals surface area contributed by atoms with Crippen LogP contribution in [0, 0.1) is 6.92 Å². The van der Waals surface area contributed by atoms with Crippen molar-refractivity contribution in [2.45, 2.75) is 20.1 Å². The Bertz CT molecular complexity index is 1190. The number of carbonyl (C=O) groups is 1. The van der Waals surface area contributed by atoms with E-state index in [9.17, 15) is 4.79 Å². The summed E-state index contributed by atoms with van der Waals surface area (Å²) in [6.45, 7) is 2.74. The van der Waals surface area contributed by atoms with Crippen LogP contribution in [-0.2, 0) is 17.9 Å². The highest BCUT2D eigenvalue weighted by Crippen LogP contribution is 2.22. The number of rotatable bonds is 8. The number of hydrogen-bond donors (Lipinski definition) is 1. The molecule has 4 aromatic rings. The number of amides is 1. The molecule has 3 aromatic heterocycles. The first-order chi connectivity index (χ1) is 15.2. The Morgan fingerprint density at radius 1 is 1.10 bits per heavy atom. The highest BCUT2D eigenvalue weighted by Gasteiger charge is 2.06. The number of benzene rings is 1. The van der Waals surface area contributed by atoms with E-state index in [1.165, 1.54) is 17.4 Å². The molecule has 0 fully saturated rings. The fourth-order valence-corrected chi connectivity index (χ4v) is 4.15. The average molecular weight is 449 g/mol. The summed E-state index contributed by atoms with van der Waals surface area (Å²) in [5, 5.41) is 8.69. The first kappa shape index (κ1) is 20.9. The number of aryl methyl sites for hydroxylation is 1. The number of para-hydroxylation sites is 1. The van der Waals surface area contributed by atoms with E-state index in [1.54, 1.807) is 29.8 Å². The first-order valence-corrected chi connectivity index (χ1v) is 11.4. The third-order valence-electron chi connectivity index (χ3n) is 4.32. The van der Waals surface area contributed by atoms with Crippen molar-refractivity contribution in [1.82, 2.24) is 20.3 Å². The van der Waals surface area contributed by atoms with Crippen molar-refractivity contribution in [1.29, 1.82) is 0 Å². The molecule has 1 N–H and O–H groups in total. The lowest BCUT2D eigenvalue weighted by molar-refractivity contribution is -0.116. The van der Waals surface area contributed by atoms with E-state index >= 15 is 0 Å². The number of aromatic nitrogens is 3. The predicted octanol–water partition coefficient (Wildman–Crippen LogP) is 4.88. The van der Waals surface area contributed by atoms with E-state index in [0.29, 0.717) is 18.9 Å². The van der Waals surface area contributed by atoms with Crippen LogP contribution in [0.5, 0.6) is 5.75 Å². The summed E-state index contributed by atoms with van der Waals surface area (Å²) in [5.74, 6) is 0.518. The van der Waals surface area contributed by atoms with E-state index in [2.05, 4.69) is 20.3 Å². The standard InChI is InChI=1S/C23H20N4O2S2/c1-16-26-19(14-30-16)13-29-21-5-3-2-4-18(21)6-7-22(28)25-12-23-27-20(15-31-23)17-8-10-24-11-9-17/h2-11,14-15H,12-13H2,1H3,(H,25,28)/b7-6+. The second-order valence-corrected chi connectivity index (χ2v) is 8.60. The SMILES string of the molecule is Cc1nc(COc2ccccc2/C=C/C(=O)NCc2nc(-c3ccncc3)cs2)cs1. The van der Waals surface area contributed by atoms with Gasteiger partial charge in [0.25, 0.3) is 0 Å². The number of nitrogens with zero attached hydrogens (tertiary/aromatic N) is 3. The van der Waals surface area contributed by atoms with Crippen molar-refractivity contribution in [3.05, 3.63) is 86.9 Å². The van der Waals surface area contributed by atoms with Gasteiger partial charge in [0.2, 0.25) is 5.91 Å². The molecule has 0 aliphatic carbocycles. The maximum absolute atomic E-state index is 12.3. The van der Waals surface area contributed by atoms with Gasteiger partial charge in [-0.15, -0.1) is 22.7 Å². The van der Waals surface area contributed by atoms with Crippen molar-refractivity contribution in [2.75, 3.05) is 0 Å². The molecule has 1 aromatic carbocycles. The molecule has 0 aliphatic rings. The van der Waals surface area contributed by atoms with Gasteiger partial charge in [0.15, 0.2) is 0 Å². The fourth-order valence-electron chi connectivity index (χ4n) is 2.81. The lowest BCUT2D eigenvalue weighted by Gasteiger charge is -2.07. The molecule has 4 rings (SSSR count). The van der Waals surface area contributed by atoms with Gasteiger partial charge in [0.1, 0.15) is 17.4 Å². The third kappa shape index (κ3) is 5.84. The van der Waals surface area contributed by atoms with E-state index < -0.39 is 0 Å².